The van der Waals surface area contributed by atoms with Crippen molar-refractivity contribution in [2.75, 3.05) is 4.90 Å². The summed E-state index contributed by atoms with van der Waals surface area (Å²) in [6.45, 7) is 21.6. The molecule has 0 saturated heterocycles. The number of aliphatic hydroxyl groups is 1. The van der Waals surface area contributed by atoms with Gasteiger partial charge in [-0.25, -0.2) is 0 Å². The van der Waals surface area contributed by atoms with E-state index < -0.39 is 0 Å². The molecule has 0 fully saturated rings. The van der Waals surface area contributed by atoms with Gasteiger partial charge in [0.1, 0.15) is 0 Å². The fraction of sp³-hybridized carbons (Fsp3) is 0.247. The van der Waals surface area contributed by atoms with Gasteiger partial charge in [0.05, 0.1) is 5.76 Å². The summed E-state index contributed by atoms with van der Waals surface area (Å²) >= 11 is 0. The van der Waals surface area contributed by atoms with Crippen molar-refractivity contribution in [2.45, 2.75) is 124 Å². The molecule has 8 aromatic carbocycles. The topological polar surface area (TPSA) is 66.3 Å². The molecule has 5 nitrogen and oxygen atoms in total. The normalized spacial score (nSPS) is 15.6. The van der Waals surface area contributed by atoms with Crippen LogP contribution in [0.3, 0.4) is 0 Å². The van der Waals surface area contributed by atoms with E-state index in [1.807, 2.05) is 84.9 Å². The summed E-state index contributed by atoms with van der Waals surface area (Å²) < 4.78 is 0. The Morgan fingerprint density at radius 2 is 1.08 bits per heavy atom. The van der Waals surface area contributed by atoms with Gasteiger partial charge in [-0.15, -0.1) is 71.8 Å². The number of aromatic nitrogens is 2. The minimum atomic E-state index is -0.357. The van der Waals surface area contributed by atoms with Crippen molar-refractivity contribution in [1.29, 1.82) is 0 Å². The number of hydrogen-bond acceptors (Lipinski definition) is 5. The molecule has 2 heterocycles. The van der Waals surface area contributed by atoms with E-state index in [-0.39, 0.29) is 47.9 Å². The first-order valence-electron chi connectivity index (χ1n) is 30.6. The standard InChI is InChI=1S/C59H63NO2.2C11H8N.Ir/c1-36-13-22-45(23-14-36)60(46-24-18-43(19-25-46)57(7,8)53-31-15-37(2)34-42(53)35-52(40(5)61)41(6)62)47-26-20-44(21-27-47)58(9,10)54-32-30-50-49-28-16-38(3)48-29-17-39(4)59(55(48)49)33-11-12-51(54)56(50)59;2*1-2-6-10(7-3-1)11-8-4-5-9-12-11;/h13-16,18-28,30-32,34,39,61H,11-12,17,29,33,35H2,1-10H3;2*1-6,8-9H;/q;2*-1;/b52-40-;;;/t39?,59-;;;/m0.../s1. The van der Waals surface area contributed by atoms with Crippen LogP contribution in [0.25, 0.3) is 33.6 Å². The number of aliphatic hydroxyl groups excluding tert-OH is 1. The second-order valence-electron chi connectivity index (χ2n) is 25.0. The number of ketones is 1. The Morgan fingerprint density at radius 3 is 1.59 bits per heavy atom. The molecule has 0 saturated carbocycles. The molecule has 3 aliphatic rings. The summed E-state index contributed by atoms with van der Waals surface area (Å²) in [6, 6.07) is 77.0. The van der Waals surface area contributed by atoms with Crippen LogP contribution in [0.5, 0.6) is 0 Å². The molecule has 1 spiro atoms. The maximum atomic E-state index is 12.5. The molecule has 441 valence electrons. The molecule has 2 atom stereocenters. The number of benzene rings is 8. The van der Waals surface area contributed by atoms with Crippen molar-refractivity contribution in [3.05, 3.63) is 303 Å². The van der Waals surface area contributed by atoms with Crippen molar-refractivity contribution >= 4 is 22.8 Å². The first kappa shape index (κ1) is 61.8. The molecule has 10 aromatic rings. The van der Waals surface area contributed by atoms with Crippen LogP contribution in [-0.2, 0) is 60.4 Å². The Hall–Kier alpha value is -8.28. The minimum Gasteiger partial charge on any atom is -0.512 e. The SMILES string of the molecule is CC(=O)/C(Cc1cc(C)ccc1C(C)(C)c1ccc(N(c2ccc(C)cc2)c2ccc(C(C)(C)c3ccc4c5c3CCC[C@]53c5c-4ccc(C)c5CCC3C)cc2)cc1)=C(/C)O.[Ir].[c-]1ccccc1-c1ccccn1.[c-]1ccccc1-c1ccccn1. The molecule has 0 amide bonds. The Kier molecular flexibility index (Phi) is 18.4. The maximum absolute atomic E-state index is 12.5. The molecule has 13 rings (SSSR count). The van der Waals surface area contributed by atoms with Gasteiger partial charge in [-0.3, -0.25) is 4.79 Å². The van der Waals surface area contributed by atoms with Crippen LogP contribution >= 0.6 is 0 Å². The maximum Gasteiger partial charge on any atom is 0.159 e. The number of hydrogen-bond donors (Lipinski definition) is 1. The van der Waals surface area contributed by atoms with Crippen molar-refractivity contribution in [1.82, 2.24) is 9.97 Å². The smallest absolute Gasteiger partial charge is 0.159 e. The summed E-state index contributed by atoms with van der Waals surface area (Å²) in [4.78, 5) is 23.3. The Bertz CT molecular complexity index is 3910. The van der Waals surface area contributed by atoms with Gasteiger partial charge in [-0.05, 0) is 199 Å². The third kappa shape index (κ3) is 12.3. The van der Waals surface area contributed by atoms with Crippen LogP contribution in [-0.4, -0.2) is 20.9 Å². The second kappa shape index (κ2) is 26.0. The number of allylic oxidation sites excluding steroid dienone is 2. The van der Waals surface area contributed by atoms with Crippen LogP contribution in [0, 0.1) is 38.8 Å². The van der Waals surface area contributed by atoms with Gasteiger partial charge in [0.25, 0.3) is 0 Å². The molecular weight excluding hydrogens is 1240 g/mol. The number of carbonyl (C=O) groups is 1. The summed E-state index contributed by atoms with van der Waals surface area (Å²) in [6.07, 6.45) is 10.1. The zero-order valence-corrected chi connectivity index (χ0v) is 54.5. The summed E-state index contributed by atoms with van der Waals surface area (Å²) in [5, 5.41) is 10.4. The predicted molar refractivity (Wildman–Crippen MR) is 356 cm³/mol. The summed E-state index contributed by atoms with van der Waals surface area (Å²) in [5.41, 5.74) is 27.0. The van der Waals surface area contributed by atoms with E-state index >= 15 is 0 Å². The number of Topliss-reactive ketones (excluding diaryl/α,β-unsaturated/α-hetero) is 1. The molecule has 6 heteroatoms. The Labute approximate surface area is 530 Å². The number of rotatable bonds is 12. The predicted octanol–water partition coefficient (Wildman–Crippen LogP) is 20.0. The van der Waals surface area contributed by atoms with Crippen molar-refractivity contribution in [3.63, 3.8) is 0 Å². The van der Waals surface area contributed by atoms with E-state index in [0.717, 1.165) is 62.7 Å². The average Bonchev–Trinajstić information content (AvgIpc) is 1.58. The van der Waals surface area contributed by atoms with E-state index in [1.54, 1.807) is 41.6 Å². The molecule has 3 aliphatic carbocycles. The Morgan fingerprint density at radius 1 is 0.586 bits per heavy atom. The molecule has 1 unspecified atom stereocenters. The third-order valence-electron chi connectivity index (χ3n) is 18.8. The van der Waals surface area contributed by atoms with Gasteiger partial charge in [-0.1, -0.05) is 149 Å². The van der Waals surface area contributed by atoms with Gasteiger partial charge in [-0.2, -0.15) is 0 Å². The van der Waals surface area contributed by atoms with Crippen molar-refractivity contribution < 1.29 is 30.0 Å². The average molecular weight is 1320 g/mol. The molecule has 0 aliphatic heterocycles. The van der Waals surface area contributed by atoms with Gasteiger partial charge in [0.15, 0.2) is 5.78 Å². The largest absolute Gasteiger partial charge is 0.512 e. The number of aryl methyl sites for hydroxylation is 3. The van der Waals surface area contributed by atoms with Crippen LogP contribution in [0.4, 0.5) is 17.1 Å². The monoisotopic (exact) mass is 1320 g/mol. The van der Waals surface area contributed by atoms with E-state index in [9.17, 15) is 9.90 Å². The first-order chi connectivity index (χ1) is 41.5. The molecule has 0 bridgehead atoms. The van der Waals surface area contributed by atoms with E-state index in [4.69, 9.17) is 0 Å². The second-order valence-corrected chi connectivity index (χ2v) is 25.0. The zero-order valence-electron chi connectivity index (χ0n) is 52.1. The van der Waals surface area contributed by atoms with Crippen molar-refractivity contribution in [3.8, 4) is 33.6 Å². The third-order valence-corrected chi connectivity index (χ3v) is 18.8. The summed E-state index contributed by atoms with van der Waals surface area (Å²) in [7, 11) is 0. The van der Waals surface area contributed by atoms with Crippen LogP contribution < -0.4 is 4.90 Å². The molecule has 2 aromatic heterocycles. The Balaban J connectivity index is 0.000000275. The zero-order chi connectivity index (χ0) is 60.3. The number of carbonyl (C=O) groups excluding carboxylic acids is 1. The van der Waals surface area contributed by atoms with Crippen LogP contribution in [0.1, 0.15) is 134 Å². The van der Waals surface area contributed by atoms with E-state index in [1.165, 1.54) is 71.6 Å². The van der Waals surface area contributed by atoms with E-state index in [2.05, 4.69) is 198 Å². The van der Waals surface area contributed by atoms with Crippen molar-refractivity contribution in [2.24, 2.45) is 5.92 Å². The van der Waals surface area contributed by atoms with Crippen LogP contribution in [0.2, 0.25) is 0 Å². The molecule has 87 heavy (non-hydrogen) atoms. The van der Waals surface area contributed by atoms with Crippen LogP contribution in [0.15, 0.2) is 224 Å². The number of pyridine rings is 2. The van der Waals surface area contributed by atoms with Gasteiger partial charge in [0.2, 0.25) is 0 Å². The van der Waals surface area contributed by atoms with Gasteiger partial charge >= 0.3 is 0 Å². The minimum absolute atomic E-state index is 0. The summed E-state index contributed by atoms with van der Waals surface area (Å²) in [5.74, 6) is 0.627. The number of fused-ring (bicyclic) bond motifs is 1. The van der Waals surface area contributed by atoms with Gasteiger partial charge in [0, 0.05) is 77.8 Å². The van der Waals surface area contributed by atoms with Gasteiger partial charge < -0.3 is 20.0 Å². The first-order valence-corrected chi connectivity index (χ1v) is 30.6. The number of anilines is 3. The number of nitrogens with zero attached hydrogens (tertiary/aromatic N) is 3. The van der Waals surface area contributed by atoms with E-state index in [0.29, 0.717) is 17.9 Å². The fourth-order valence-electron chi connectivity index (χ4n) is 14.1. The quantitative estimate of drug-likeness (QED) is 0.0750. The molecule has 1 radical (unpaired) electrons. The molecular formula is C81H79IrN3O2-2. The fourth-order valence-corrected chi connectivity index (χ4v) is 14.1. The molecule has 1 N–H and O–H groups in total.